The Labute approximate surface area is 203 Å². The summed E-state index contributed by atoms with van der Waals surface area (Å²) in [6.07, 6.45) is 1.59. The topological polar surface area (TPSA) is 56.1 Å². The molecule has 0 aliphatic heterocycles. The zero-order chi connectivity index (χ0) is 24.1. The highest BCUT2D eigenvalue weighted by Gasteiger charge is 2.13. The van der Waals surface area contributed by atoms with E-state index in [1.165, 1.54) is 17.7 Å². The van der Waals surface area contributed by atoms with Crippen molar-refractivity contribution in [2.24, 2.45) is 0 Å². The number of amides is 1. The number of rotatable bonds is 8. The van der Waals surface area contributed by atoms with Gasteiger partial charge in [0, 0.05) is 11.8 Å². The molecule has 1 N–H and O–H groups in total. The predicted octanol–water partition coefficient (Wildman–Crippen LogP) is 6.68. The predicted molar refractivity (Wildman–Crippen MR) is 132 cm³/mol. The molecular weight excluding hydrogens is 453 g/mol. The molecule has 0 bridgehead atoms. The molecule has 0 radical (unpaired) electrons. The minimum atomic E-state index is -0.332. The third-order valence-electron chi connectivity index (χ3n) is 5.32. The Hall–Kier alpha value is -3.64. The van der Waals surface area contributed by atoms with Gasteiger partial charge in [-0.15, -0.1) is 0 Å². The van der Waals surface area contributed by atoms with Gasteiger partial charge in [0.25, 0.3) is 5.91 Å². The highest BCUT2D eigenvalue weighted by atomic mass is 35.5. The fourth-order valence-corrected chi connectivity index (χ4v) is 3.68. The summed E-state index contributed by atoms with van der Waals surface area (Å²) in [5, 5.41) is 7.37. The van der Waals surface area contributed by atoms with Crippen LogP contribution in [0.5, 0.6) is 5.75 Å². The van der Waals surface area contributed by atoms with E-state index in [0.717, 1.165) is 16.9 Å². The van der Waals surface area contributed by atoms with Crippen LogP contribution >= 0.6 is 11.6 Å². The van der Waals surface area contributed by atoms with Gasteiger partial charge in [0.1, 0.15) is 23.2 Å². The first-order chi connectivity index (χ1) is 16.4. The third kappa shape index (κ3) is 6.02. The number of ether oxygens (including phenoxy) is 1. The van der Waals surface area contributed by atoms with Crippen molar-refractivity contribution in [3.63, 3.8) is 0 Å². The van der Waals surface area contributed by atoms with Crippen molar-refractivity contribution in [1.29, 1.82) is 0 Å². The van der Waals surface area contributed by atoms with E-state index >= 15 is 0 Å². The lowest BCUT2D eigenvalue weighted by molar-refractivity contribution is 0.102. The second-order valence-electron chi connectivity index (χ2n) is 8.32. The van der Waals surface area contributed by atoms with Gasteiger partial charge in [-0.25, -0.2) is 4.39 Å². The maximum absolute atomic E-state index is 13.4. The molecule has 1 amide bonds. The van der Waals surface area contributed by atoms with E-state index in [9.17, 15) is 9.18 Å². The van der Waals surface area contributed by atoms with Crippen LogP contribution in [0.25, 0.3) is 0 Å². The van der Waals surface area contributed by atoms with Crippen molar-refractivity contribution >= 4 is 23.3 Å². The van der Waals surface area contributed by atoms with Crippen LogP contribution in [-0.4, -0.2) is 15.7 Å². The molecule has 0 saturated carbocycles. The van der Waals surface area contributed by atoms with E-state index in [4.69, 9.17) is 16.3 Å². The van der Waals surface area contributed by atoms with Crippen LogP contribution in [0.1, 0.15) is 46.8 Å². The molecular formula is C27H25ClFN3O2. The van der Waals surface area contributed by atoms with Crippen molar-refractivity contribution in [2.45, 2.75) is 32.9 Å². The fraction of sp³-hybridized carbons (Fsp3) is 0.185. The molecule has 0 spiro atoms. The number of benzene rings is 3. The first-order valence-electron chi connectivity index (χ1n) is 11.0. The number of halogens is 2. The quantitative estimate of drug-likeness (QED) is 0.308. The summed E-state index contributed by atoms with van der Waals surface area (Å²) in [5.41, 5.74) is 3.32. The number of hydrogen-bond donors (Lipinski definition) is 1. The minimum absolute atomic E-state index is 0.245. The summed E-state index contributed by atoms with van der Waals surface area (Å²) in [4.78, 5) is 12.8. The molecule has 4 rings (SSSR count). The van der Waals surface area contributed by atoms with Crippen molar-refractivity contribution in [1.82, 2.24) is 9.78 Å². The summed E-state index contributed by atoms with van der Waals surface area (Å²) in [7, 11) is 0. The highest BCUT2D eigenvalue weighted by Crippen LogP contribution is 2.22. The lowest BCUT2D eigenvalue weighted by Gasteiger charge is -2.10. The molecule has 0 atom stereocenters. The van der Waals surface area contributed by atoms with E-state index < -0.39 is 0 Å². The van der Waals surface area contributed by atoms with Gasteiger partial charge in [-0.3, -0.25) is 9.48 Å². The molecule has 1 heterocycles. The number of carbonyl (C=O) groups is 1. The van der Waals surface area contributed by atoms with Crippen LogP contribution in [0, 0.1) is 5.82 Å². The van der Waals surface area contributed by atoms with Gasteiger partial charge >= 0.3 is 0 Å². The molecule has 0 saturated heterocycles. The van der Waals surface area contributed by atoms with Crippen LogP contribution in [0.15, 0.2) is 79.0 Å². The number of hydrogen-bond acceptors (Lipinski definition) is 3. The van der Waals surface area contributed by atoms with Gasteiger partial charge in [0.15, 0.2) is 5.82 Å². The largest absolute Gasteiger partial charge is 0.489 e. The Kier molecular flexibility index (Phi) is 7.28. The number of anilines is 1. The SMILES string of the molecule is CC(C)c1ccc(OCc2cccc(C(=O)Nc3nn(Cc4cccc(F)c4)cc3Cl)c2)cc1. The second kappa shape index (κ2) is 10.5. The number of nitrogens with zero attached hydrogens (tertiary/aromatic N) is 2. The molecule has 7 heteroatoms. The second-order valence-corrected chi connectivity index (χ2v) is 8.73. The van der Waals surface area contributed by atoms with E-state index in [1.807, 2.05) is 18.2 Å². The molecule has 0 fully saturated rings. The summed E-state index contributed by atoms with van der Waals surface area (Å²) >= 11 is 6.26. The Balaban J connectivity index is 1.39. The van der Waals surface area contributed by atoms with Crippen molar-refractivity contribution < 1.29 is 13.9 Å². The maximum Gasteiger partial charge on any atom is 0.256 e. The molecule has 0 unspecified atom stereocenters. The standard InChI is InChI=1S/C27H25ClFN3O2/c1-18(2)21-9-11-24(12-10-21)34-17-20-6-3-7-22(13-20)27(33)30-26-25(28)16-32(31-26)15-19-5-4-8-23(29)14-19/h3-14,16,18H,15,17H2,1-2H3,(H,30,31,33). The van der Waals surface area contributed by atoms with Crippen LogP contribution in [0.2, 0.25) is 5.02 Å². The maximum atomic E-state index is 13.4. The first-order valence-corrected chi connectivity index (χ1v) is 11.4. The molecule has 5 nitrogen and oxygen atoms in total. The van der Waals surface area contributed by atoms with E-state index in [2.05, 4.69) is 36.4 Å². The van der Waals surface area contributed by atoms with E-state index in [-0.39, 0.29) is 17.5 Å². The molecule has 0 aliphatic rings. The van der Waals surface area contributed by atoms with Crippen molar-refractivity contribution in [3.8, 4) is 5.75 Å². The lowest BCUT2D eigenvalue weighted by atomic mass is 10.0. The smallest absolute Gasteiger partial charge is 0.256 e. The lowest BCUT2D eigenvalue weighted by Crippen LogP contribution is -2.13. The van der Waals surface area contributed by atoms with E-state index in [0.29, 0.717) is 29.7 Å². The van der Waals surface area contributed by atoms with Gasteiger partial charge in [-0.1, -0.05) is 61.8 Å². The third-order valence-corrected chi connectivity index (χ3v) is 5.60. The van der Waals surface area contributed by atoms with Gasteiger partial charge < -0.3 is 10.1 Å². The Bertz CT molecular complexity index is 1290. The van der Waals surface area contributed by atoms with Gasteiger partial charge in [0.05, 0.1) is 6.54 Å². The van der Waals surface area contributed by atoms with Gasteiger partial charge in [0.2, 0.25) is 0 Å². The summed E-state index contributed by atoms with van der Waals surface area (Å²) < 4.78 is 20.9. The van der Waals surface area contributed by atoms with Crippen LogP contribution in [0.3, 0.4) is 0 Å². The Morgan fingerprint density at radius 1 is 1.06 bits per heavy atom. The molecule has 1 aromatic heterocycles. The fourth-order valence-electron chi connectivity index (χ4n) is 3.48. The molecule has 0 aliphatic carbocycles. The molecule has 4 aromatic rings. The van der Waals surface area contributed by atoms with Crippen LogP contribution in [0.4, 0.5) is 10.2 Å². The Morgan fingerprint density at radius 2 is 1.79 bits per heavy atom. The first kappa shape index (κ1) is 23.5. The van der Waals surface area contributed by atoms with Crippen LogP contribution in [-0.2, 0) is 13.2 Å². The number of aromatic nitrogens is 2. The average molecular weight is 478 g/mol. The number of carbonyl (C=O) groups excluding carboxylic acids is 1. The molecule has 34 heavy (non-hydrogen) atoms. The summed E-state index contributed by atoms with van der Waals surface area (Å²) in [6.45, 7) is 4.96. The molecule has 174 valence electrons. The zero-order valence-corrected chi connectivity index (χ0v) is 19.7. The molecule has 3 aromatic carbocycles. The number of nitrogens with one attached hydrogen (secondary N) is 1. The van der Waals surface area contributed by atoms with Crippen molar-refractivity contribution in [3.05, 3.63) is 112 Å². The average Bonchev–Trinajstić information content (AvgIpc) is 3.16. The van der Waals surface area contributed by atoms with Gasteiger partial charge in [-0.05, 0) is 59.0 Å². The Morgan fingerprint density at radius 3 is 2.53 bits per heavy atom. The van der Waals surface area contributed by atoms with Gasteiger partial charge in [-0.2, -0.15) is 5.10 Å². The van der Waals surface area contributed by atoms with E-state index in [1.54, 1.807) is 41.2 Å². The summed E-state index contributed by atoms with van der Waals surface area (Å²) in [5.74, 6) is 0.831. The zero-order valence-electron chi connectivity index (χ0n) is 19.0. The monoisotopic (exact) mass is 477 g/mol. The summed E-state index contributed by atoms with van der Waals surface area (Å²) in [6, 6.07) is 21.5. The minimum Gasteiger partial charge on any atom is -0.489 e. The normalized spacial score (nSPS) is 11.0. The van der Waals surface area contributed by atoms with Crippen LogP contribution < -0.4 is 10.1 Å². The highest BCUT2D eigenvalue weighted by molar-refractivity contribution is 6.33. The van der Waals surface area contributed by atoms with Crippen molar-refractivity contribution in [2.75, 3.05) is 5.32 Å².